The molecule has 1 aliphatic carbocycles. The van der Waals surface area contributed by atoms with Crippen molar-refractivity contribution < 1.29 is 83.7 Å². The number of nitriles is 1. The number of alkyl halides is 2. The number of hydrogen-bond donors (Lipinski definition) is 6. The molecule has 3 aromatic heterocycles. The predicted molar refractivity (Wildman–Crippen MR) is 324 cm³/mol. The van der Waals surface area contributed by atoms with E-state index in [1.807, 2.05) is 6.07 Å². The summed E-state index contributed by atoms with van der Waals surface area (Å²) < 4.78 is 100. The maximum absolute atomic E-state index is 14.5. The van der Waals surface area contributed by atoms with Crippen molar-refractivity contribution in [1.82, 2.24) is 46.0 Å². The molecule has 2 aromatic carbocycles. The van der Waals surface area contributed by atoms with Gasteiger partial charge in [0.1, 0.15) is 53.6 Å². The minimum Gasteiger partial charge on any atom is -0.480 e. The number of sulfonamides is 1. The van der Waals surface area contributed by atoms with E-state index in [1.165, 1.54) is 35.1 Å². The molecule has 0 spiro atoms. The number of carboxylic acids is 1. The fraction of sp³-hybridized carbons (Fsp3) is 0.367. The third-order valence-corrected chi connectivity index (χ3v) is 19.0. The van der Waals surface area contributed by atoms with Crippen LogP contribution in [0.5, 0.6) is 5.88 Å². The van der Waals surface area contributed by atoms with Gasteiger partial charge in [-0.2, -0.15) is 5.26 Å². The first-order valence-corrected chi connectivity index (χ1v) is 32.5. The Morgan fingerprint density at radius 2 is 1.70 bits per heavy atom. The first-order valence-electron chi connectivity index (χ1n) is 28.5. The standard InChI is InChI=1S/C60H59F4N11O14S3/c1-87-56-47(73-92(85,86)50-10-7-38(61)23-45(50)62)21-37(27-70-56)33-6-9-46-43(19-33)41(13-14-66-46)34-5-8-39(69-26-34)30-89-59(84)88-17-18-90-91-31-49(58(82)83)71-52(77)12-11-51(76)67-15-16-68-55(80)42-4-2-3-35-28-74(29-44(35)42)53(78)22-36-20-48(72-54(36)79)57(81)75-32-60(63,64)24-40(75)25-65/h2,4-10,13-14,19,21,23,26-27,35-36,40,48-49,73H,3,11-12,15-18,20,22,24,28-32H2,1H3,(H,67,76)(H,68,80)(H,71,77)(H,72,79)(H,82,83)/t35?,36-,40-,48-,49-/m0/s1. The lowest BCUT2D eigenvalue weighted by atomic mass is 9.89. The summed E-state index contributed by atoms with van der Waals surface area (Å²) in [5.41, 5.74) is 4.43. The first-order chi connectivity index (χ1) is 44.0. The van der Waals surface area contributed by atoms with Crippen LogP contribution in [0.3, 0.4) is 0 Å². The van der Waals surface area contributed by atoms with Gasteiger partial charge in [0.15, 0.2) is 0 Å². The number of hydrogen-bond acceptors (Lipinski definition) is 19. The molecule has 484 valence electrons. The van der Waals surface area contributed by atoms with Crippen LogP contribution in [0.4, 0.5) is 28.0 Å². The highest BCUT2D eigenvalue weighted by atomic mass is 33.1. The van der Waals surface area contributed by atoms with Gasteiger partial charge in [-0.15, -0.1) is 0 Å². The number of amides is 6. The molecule has 0 saturated carbocycles. The lowest BCUT2D eigenvalue weighted by Gasteiger charge is -2.22. The third kappa shape index (κ3) is 16.8. The van der Waals surface area contributed by atoms with Gasteiger partial charge in [-0.25, -0.2) is 40.6 Å². The van der Waals surface area contributed by atoms with Crippen molar-refractivity contribution >= 4 is 95.8 Å². The number of benzene rings is 2. The normalized spacial score (nSPS) is 18.5. The number of carbonyl (C=O) groups excluding carboxylic acids is 7. The number of pyridine rings is 3. The second-order valence-electron chi connectivity index (χ2n) is 21.6. The Hall–Kier alpha value is -9.35. The van der Waals surface area contributed by atoms with Gasteiger partial charge in [0.2, 0.25) is 35.4 Å². The number of methoxy groups -OCH3 is 1. The average molecular weight is 1330 g/mol. The van der Waals surface area contributed by atoms with Crippen molar-refractivity contribution in [3.8, 4) is 34.2 Å². The van der Waals surface area contributed by atoms with Crippen LogP contribution in [-0.4, -0.2) is 168 Å². The number of allylic oxidation sites excluding steroid dienone is 1. The monoisotopic (exact) mass is 1330 g/mol. The molecule has 5 aromatic rings. The highest BCUT2D eigenvalue weighted by Gasteiger charge is 2.50. The van der Waals surface area contributed by atoms with Crippen molar-refractivity contribution in [3.63, 3.8) is 0 Å². The molecule has 92 heavy (non-hydrogen) atoms. The molecule has 5 atom stereocenters. The Bertz CT molecular complexity index is 3940. The maximum Gasteiger partial charge on any atom is 0.508 e. The molecule has 1 unspecified atom stereocenters. The third-order valence-electron chi connectivity index (χ3n) is 15.2. The molecule has 6 N–H and O–H groups in total. The number of nitrogens with one attached hydrogen (secondary N) is 5. The van der Waals surface area contributed by atoms with E-state index in [-0.39, 0.29) is 100.0 Å². The number of anilines is 1. The van der Waals surface area contributed by atoms with Gasteiger partial charge in [-0.1, -0.05) is 45.9 Å². The SMILES string of the molecule is COc1ncc(-c2ccc3nccc(-c4ccc(COC(=O)OCCSSC[C@H](NC(=O)CCC(=O)NCCNC(=O)C5=C6CN(C(=O)C[C@@H]7C[C@@H](C(=O)N8CC(F)(F)C[C@H]8C#N)NC7=O)CC6CC=C5)C(=O)O)nc4)c3c2)cc1NS(=O)(=O)c1ccc(F)cc1F. The van der Waals surface area contributed by atoms with Crippen LogP contribution in [0.1, 0.15) is 44.2 Å². The van der Waals surface area contributed by atoms with Gasteiger partial charge >= 0.3 is 12.1 Å². The minimum absolute atomic E-state index is 0.00305. The van der Waals surface area contributed by atoms with Gasteiger partial charge < -0.3 is 50.4 Å². The van der Waals surface area contributed by atoms with E-state index in [0.717, 1.165) is 33.4 Å². The number of nitrogens with zero attached hydrogens (tertiary/aromatic N) is 6. The summed E-state index contributed by atoms with van der Waals surface area (Å²) >= 11 is 0. The number of carboxylic acid groups (broad SMARTS) is 1. The molecule has 9 rings (SSSR count). The zero-order valence-corrected chi connectivity index (χ0v) is 51.3. The van der Waals surface area contributed by atoms with Crippen LogP contribution >= 0.6 is 21.6 Å². The summed E-state index contributed by atoms with van der Waals surface area (Å²) in [5.74, 6) is -11.2. The zero-order chi connectivity index (χ0) is 65.9. The van der Waals surface area contributed by atoms with Crippen molar-refractivity contribution in [1.29, 1.82) is 5.26 Å². The van der Waals surface area contributed by atoms with E-state index in [1.54, 1.807) is 60.9 Å². The van der Waals surface area contributed by atoms with Crippen molar-refractivity contribution in [3.05, 3.63) is 120 Å². The summed E-state index contributed by atoms with van der Waals surface area (Å²) in [7, 11) is -0.973. The first kappa shape index (κ1) is 67.1. The van der Waals surface area contributed by atoms with E-state index < -0.39 is 111 Å². The smallest absolute Gasteiger partial charge is 0.480 e. The van der Waals surface area contributed by atoms with Crippen molar-refractivity contribution in [2.24, 2.45) is 11.8 Å². The van der Waals surface area contributed by atoms with Gasteiger partial charge in [0.25, 0.3) is 21.9 Å². The molecule has 3 aliphatic heterocycles. The van der Waals surface area contributed by atoms with Crippen LogP contribution in [0, 0.1) is 34.8 Å². The van der Waals surface area contributed by atoms with E-state index in [0.29, 0.717) is 56.9 Å². The highest BCUT2D eigenvalue weighted by molar-refractivity contribution is 8.76. The molecular formula is C60H59F4N11O14S3. The van der Waals surface area contributed by atoms with E-state index in [2.05, 4.69) is 40.9 Å². The lowest BCUT2D eigenvalue weighted by molar-refractivity contribution is -0.141. The van der Waals surface area contributed by atoms with E-state index in [9.17, 15) is 74.7 Å². The fourth-order valence-corrected chi connectivity index (χ4v) is 13.8. The fourth-order valence-electron chi connectivity index (χ4n) is 10.7. The van der Waals surface area contributed by atoms with Gasteiger partial charge in [-0.3, -0.25) is 43.5 Å². The second-order valence-corrected chi connectivity index (χ2v) is 25.8. The van der Waals surface area contributed by atoms with E-state index >= 15 is 0 Å². The highest BCUT2D eigenvalue weighted by Crippen LogP contribution is 2.38. The number of carbonyl (C=O) groups is 8. The molecule has 6 amide bonds. The summed E-state index contributed by atoms with van der Waals surface area (Å²) in [6.07, 6.45) is 5.91. The van der Waals surface area contributed by atoms with Crippen LogP contribution < -0.4 is 30.7 Å². The van der Waals surface area contributed by atoms with Crippen LogP contribution in [0.15, 0.2) is 107 Å². The minimum atomic E-state index is -4.54. The average Bonchev–Trinajstić information content (AvgIpc) is 1.11. The van der Waals surface area contributed by atoms with Crippen LogP contribution in [-0.2, 0) is 59.7 Å². The van der Waals surface area contributed by atoms with Gasteiger partial charge in [-0.05, 0) is 72.0 Å². The number of aliphatic carboxylic acids is 1. The van der Waals surface area contributed by atoms with Crippen LogP contribution in [0.25, 0.3) is 33.2 Å². The van der Waals surface area contributed by atoms with Crippen molar-refractivity contribution in [2.45, 2.75) is 74.1 Å². The molecule has 32 heteroatoms. The maximum atomic E-state index is 14.5. The number of aromatic nitrogens is 3. The Morgan fingerprint density at radius 3 is 2.45 bits per heavy atom. The summed E-state index contributed by atoms with van der Waals surface area (Å²) in [5, 5.41) is 29.9. The molecule has 6 heterocycles. The lowest BCUT2D eigenvalue weighted by Crippen LogP contribution is -2.46. The van der Waals surface area contributed by atoms with Crippen LogP contribution in [0.2, 0.25) is 0 Å². The van der Waals surface area contributed by atoms with Crippen molar-refractivity contribution in [2.75, 3.05) is 62.7 Å². The quantitative estimate of drug-likeness (QED) is 0.0174. The molecule has 0 radical (unpaired) electrons. The summed E-state index contributed by atoms with van der Waals surface area (Å²) in [4.78, 5) is 117. The number of likely N-dealkylation sites (tertiary alicyclic amines) is 2. The van der Waals surface area contributed by atoms with Gasteiger partial charge in [0, 0.05) is 122 Å². The number of halogens is 4. The molecule has 3 saturated heterocycles. The summed E-state index contributed by atoms with van der Waals surface area (Å²) in [6, 6.07) is 12.0. The summed E-state index contributed by atoms with van der Waals surface area (Å²) in [6.45, 7) is -0.864. The second kappa shape index (κ2) is 29.7. The Kier molecular flexibility index (Phi) is 21.7. The van der Waals surface area contributed by atoms with Gasteiger partial charge in [0.05, 0.1) is 30.9 Å². The number of rotatable bonds is 26. The number of fused-ring (bicyclic) bond motifs is 2. The molecule has 3 fully saturated rings. The van der Waals surface area contributed by atoms with E-state index in [4.69, 9.17) is 14.2 Å². The Labute approximate surface area is 530 Å². The Morgan fingerprint density at radius 1 is 0.924 bits per heavy atom. The zero-order valence-electron chi connectivity index (χ0n) is 48.8. The predicted octanol–water partition coefficient (Wildman–Crippen LogP) is 5.43. The largest absolute Gasteiger partial charge is 0.508 e. The number of ether oxygens (including phenoxy) is 3. The molecule has 0 bridgehead atoms. The topological polar surface area (TPSA) is 348 Å². The molecule has 25 nitrogen and oxygen atoms in total. The molecule has 4 aliphatic rings. The molecular weight excluding hydrogens is 1270 g/mol. The Balaban J connectivity index is 0.643.